The molecule has 27 heavy (non-hydrogen) atoms. The molecule has 1 heterocycles. The molecule has 0 fully saturated rings. The number of hydrogen-bond donors (Lipinski definition) is 1. The molecule has 0 unspecified atom stereocenters. The lowest BCUT2D eigenvalue weighted by Gasteiger charge is -2.18. The van der Waals surface area contributed by atoms with Crippen LogP contribution in [-0.4, -0.2) is 18.4 Å². The van der Waals surface area contributed by atoms with Gasteiger partial charge in [0.15, 0.2) is 0 Å². The third-order valence-electron chi connectivity index (χ3n) is 4.63. The molecule has 1 atom stereocenters. The molecular formula is C22H26N2O3. The van der Waals surface area contributed by atoms with Crippen LogP contribution in [0, 0.1) is 5.92 Å². The molecule has 2 amide bonds. The van der Waals surface area contributed by atoms with Gasteiger partial charge in [0.1, 0.15) is 11.8 Å². The molecule has 3 rings (SSSR count). The Morgan fingerprint density at radius 1 is 1.15 bits per heavy atom. The van der Waals surface area contributed by atoms with Crippen LogP contribution in [0.4, 0.5) is 5.69 Å². The Morgan fingerprint density at radius 2 is 1.85 bits per heavy atom. The molecule has 5 nitrogen and oxygen atoms in total. The van der Waals surface area contributed by atoms with E-state index in [0.29, 0.717) is 19.1 Å². The second kappa shape index (κ2) is 8.25. The highest BCUT2D eigenvalue weighted by Crippen LogP contribution is 2.36. The van der Waals surface area contributed by atoms with Crippen molar-refractivity contribution in [3.05, 3.63) is 59.7 Å². The largest absolute Gasteiger partial charge is 0.494 e. The minimum atomic E-state index is -0.614. The summed E-state index contributed by atoms with van der Waals surface area (Å²) in [6, 6.07) is 14.8. The zero-order valence-electron chi connectivity index (χ0n) is 16.1. The number of carbonyl (C=O) groups excluding carboxylic acids is 2. The maximum Gasteiger partial charge on any atom is 0.254 e. The van der Waals surface area contributed by atoms with Gasteiger partial charge in [-0.15, -0.1) is 0 Å². The van der Waals surface area contributed by atoms with Gasteiger partial charge in [0, 0.05) is 18.2 Å². The van der Waals surface area contributed by atoms with Crippen molar-refractivity contribution in [1.82, 2.24) is 5.32 Å². The molecule has 1 N–H and O–H groups in total. The normalized spacial score (nSPS) is 15.8. The molecular weight excluding hydrogens is 340 g/mol. The molecule has 2 aromatic rings. The fourth-order valence-electron chi connectivity index (χ4n) is 3.18. The van der Waals surface area contributed by atoms with E-state index in [-0.39, 0.29) is 11.8 Å². The van der Waals surface area contributed by atoms with Crippen LogP contribution in [0.1, 0.15) is 44.4 Å². The number of para-hydroxylation sites is 1. The Balaban J connectivity index is 1.71. The number of ether oxygens (including phenoxy) is 1. The van der Waals surface area contributed by atoms with Crippen LogP contribution in [0.5, 0.6) is 5.75 Å². The highest BCUT2D eigenvalue weighted by Gasteiger charge is 2.37. The second-order valence-electron chi connectivity index (χ2n) is 7.29. The highest BCUT2D eigenvalue weighted by molar-refractivity contribution is 6.06. The maximum atomic E-state index is 12.9. The summed E-state index contributed by atoms with van der Waals surface area (Å²) in [7, 11) is 0. The van der Waals surface area contributed by atoms with Gasteiger partial charge >= 0.3 is 0 Å². The van der Waals surface area contributed by atoms with E-state index in [4.69, 9.17) is 4.74 Å². The molecule has 142 valence electrons. The lowest BCUT2D eigenvalue weighted by Crippen LogP contribution is -2.36. The van der Waals surface area contributed by atoms with Crippen LogP contribution < -0.4 is 15.0 Å². The second-order valence-corrected chi connectivity index (χ2v) is 7.29. The number of hydrogen-bond acceptors (Lipinski definition) is 3. The maximum absolute atomic E-state index is 12.9. The number of rotatable bonds is 7. The SMILES string of the molecule is CC(=O)N[C@H]1C(=O)N(Cc2ccc(OCCC(C)C)cc2)c2ccccc21. The summed E-state index contributed by atoms with van der Waals surface area (Å²) in [5.41, 5.74) is 2.70. The summed E-state index contributed by atoms with van der Waals surface area (Å²) in [5.74, 6) is 1.13. The van der Waals surface area contributed by atoms with Gasteiger partial charge in [-0.1, -0.05) is 44.2 Å². The molecule has 5 heteroatoms. The Morgan fingerprint density at radius 3 is 2.52 bits per heavy atom. The third-order valence-corrected chi connectivity index (χ3v) is 4.63. The van der Waals surface area contributed by atoms with Crippen molar-refractivity contribution in [2.45, 2.75) is 39.8 Å². The molecule has 1 aliphatic rings. The van der Waals surface area contributed by atoms with Gasteiger partial charge in [-0.05, 0) is 36.1 Å². The molecule has 1 aliphatic heterocycles. The van der Waals surface area contributed by atoms with Crippen molar-refractivity contribution in [2.24, 2.45) is 5.92 Å². The third kappa shape index (κ3) is 4.48. The van der Waals surface area contributed by atoms with Gasteiger partial charge in [-0.3, -0.25) is 9.59 Å². The Kier molecular flexibility index (Phi) is 5.79. The Bertz CT molecular complexity index is 815. The first-order valence-corrected chi connectivity index (χ1v) is 9.35. The van der Waals surface area contributed by atoms with Crippen molar-refractivity contribution in [2.75, 3.05) is 11.5 Å². The Labute approximate surface area is 160 Å². The van der Waals surface area contributed by atoms with E-state index in [1.165, 1.54) is 6.92 Å². The first-order valence-electron chi connectivity index (χ1n) is 9.35. The number of carbonyl (C=O) groups is 2. The van der Waals surface area contributed by atoms with Crippen molar-refractivity contribution < 1.29 is 14.3 Å². The molecule has 0 aromatic heterocycles. The van der Waals surface area contributed by atoms with Crippen molar-refractivity contribution in [3.63, 3.8) is 0 Å². The van der Waals surface area contributed by atoms with Gasteiger partial charge in [-0.2, -0.15) is 0 Å². The van der Waals surface area contributed by atoms with Crippen LogP contribution in [0.3, 0.4) is 0 Å². The number of nitrogens with one attached hydrogen (secondary N) is 1. The highest BCUT2D eigenvalue weighted by atomic mass is 16.5. The van der Waals surface area contributed by atoms with E-state index in [1.54, 1.807) is 4.90 Å². The molecule has 0 radical (unpaired) electrons. The number of benzene rings is 2. The van der Waals surface area contributed by atoms with Crippen LogP contribution in [0.2, 0.25) is 0 Å². The molecule has 0 saturated heterocycles. The zero-order chi connectivity index (χ0) is 19.4. The summed E-state index contributed by atoms with van der Waals surface area (Å²) in [4.78, 5) is 26.1. The van der Waals surface area contributed by atoms with Crippen LogP contribution in [0.25, 0.3) is 0 Å². The Hall–Kier alpha value is -2.82. The lowest BCUT2D eigenvalue weighted by molar-refractivity contribution is -0.126. The number of nitrogens with zero attached hydrogens (tertiary/aromatic N) is 1. The predicted molar refractivity (Wildman–Crippen MR) is 106 cm³/mol. The topological polar surface area (TPSA) is 58.6 Å². The summed E-state index contributed by atoms with van der Waals surface area (Å²) in [6.07, 6.45) is 1.02. The van der Waals surface area contributed by atoms with Gasteiger partial charge in [0.2, 0.25) is 5.91 Å². The van der Waals surface area contributed by atoms with Crippen molar-refractivity contribution in [1.29, 1.82) is 0 Å². The van der Waals surface area contributed by atoms with Crippen LogP contribution in [0.15, 0.2) is 48.5 Å². The monoisotopic (exact) mass is 366 g/mol. The van der Waals surface area contributed by atoms with Crippen molar-refractivity contribution in [3.8, 4) is 5.75 Å². The van der Waals surface area contributed by atoms with Crippen LogP contribution in [-0.2, 0) is 16.1 Å². The molecule has 0 saturated carbocycles. The minimum Gasteiger partial charge on any atom is -0.494 e. The smallest absolute Gasteiger partial charge is 0.254 e. The standard InChI is InChI=1S/C22H26N2O3/c1-15(2)12-13-27-18-10-8-17(9-11-18)14-24-20-7-5-4-6-19(20)21(22(24)26)23-16(3)25/h4-11,15,21H,12-14H2,1-3H3,(H,23,25)/t21-/m1/s1. The van der Waals surface area contributed by atoms with E-state index in [9.17, 15) is 9.59 Å². The lowest BCUT2D eigenvalue weighted by atomic mass is 10.1. The average molecular weight is 366 g/mol. The molecule has 0 bridgehead atoms. The summed E-state index contributed by atoms with van der Waals surface area (Å²) in [6.45, 7) is 6.93. The first kappa shape index (κ1) is 19.0. The summed E-state index contributed by atoms with van der Waals surface area (Å²) < 4.78 is 5.75. The number of amides is 2. The number of anilines is 1. The summed E-state index contributed by atoms with van der Waals surface area (Å²) in [5, 5.41) is 2.75. The van der Waals surface area contributed by atoms with E-state index in [1.807, 2.05) is 48.5 Å². The van der Waals surface area contributed by atoms with Gasteiger partial charge in [-0.25, -0.2) is 0 Å². The first-order chi connectivity index (χ1) is 13.0. The van der Waals surface area contributed by atoms with E-state index in [2.05, 4.69) is 19.2 Å². The molecule has 0 aliphatic carbocycles. The van der Waals surface area contributed by atoms with E-state index in [0.717, 1.165) is 29.0 Å². The van der Waals surface area contributed by atoms with Crippen molar-refractivity contribution >= 4 is 17.5 Å². The van der Waals surface area contributed by atoms with Gasteiger partial charge in [0.05, 0.1) is 13.2 Å². The zero-order valence-corrected chi connectivity index (χ0v) is 16.1. The fraction of sp³-hybridized carbons (Fsp3) is 0.364. The minimum absolute atomic E-state index is 0.108. The van der Waals surface area contributed by atoms with E-state index >= 15 is 0 Å². The van der Waals surface area contributed by atoms with Gasteiger partial charge in [0.25, 0.3) is 5.91 Å². The molecule has 0 spiro atoms. The quantitative estimate of drug-likeness (QED) is 0.810. The van der Waals surface area contributed by atoms with Crippen LogP contribution >= 0.6 is 0 Å². The molecule has 2 aromatic carbocycles. The average Bonchev–Trinajstić information content (AvgIpc) is 2.88. The predicted octanol–water partition coefficient (Wildman–Crippen LogP) is 3.84. The van der Waals surface area contributed by atoms with Gasteiger partial charge < -0.3 is 15.0 Å². The number of fused-ring (bicyclic) bond motifs is 1. The summed E-state index contributed by atoms with van der Waals surface area (Å²) >= 11 is 0. The van der Waals surface area contributed by atoms with E-state index < -0.39 is 6.04 Å². The fourth-order valence-corrected chi connectivity index (χ4v) is 3.18.